The van der Waals surface area contributed by atoms with Crippen molar-refractivity contribution < 1.29 is 4.74 Å². The minimum absolute atomic E-state index is 0.722. The lowest BCUT2D eigenvalue weighted by molar-refractivity contribution is 0.412. The molecule has 0 spiro atoms. The Balaban J connectivity index is 1.90. The molecule has 20 heavy (non-hydrogen) atoms. The third kappa shape index (κ3) is 2.75. The summed E-state index contributed by atoms with van der Waals surface area (Å²) in [6.07, 6.45) is 0. The molecule has 0 aliphatic heterocycles. The number of methoxy groups -OCH3 is 1. The average Bonchev–Trinajstić information content (AvgIpc) is 2.80. The molecule has 1 N–H and O–H groups in total. The number of benzene rings is 2. The number of hydrogen-bond acceptors (Lipinski definition) is 4. The summed E-state index contributed by atoms with van der Waals surface area (Å²) in [5.41, 5.74) is 1.89. The molecular weight excluding hydrogens is 360 g/mol. The van der Waals surface area contributed by atoms with E-state index in [0.29, 0.717) is 0 Å². The van der Waals surface area contributed by atoms with Crippen LogP contribution in [0.2, 0.25) is 5.02 Å². The maximum Gasteiger partial charge on any atom is 0.188 e. The Kier molecular flexibility index (Phi) is 3.83. The highest BCUT2D eigenvalue weighted by molar-refractivity contribution is 9.10. The molecule has 0 amide bonds. The number of halogens is 2. The van der Waals surface area contributed by atoms with Crippen molar-refractivity contribution in [3.05, 3.63) is 45.9 Å². The van der Waals surface area contributed by atoms with Crippen molar-refractivity contribution in [3.63, 3.8) is 0 Å². The quantitative estimate of drug-likeness (QED) is 0.665. The summed E-state index contributed by atoms with van der Waals surface area (Å²) in [5, 5.41) is 4.84. The number of aromatic nitrogens is 1. The summed E-state index contributed by atoms with van der Waals surface area (Å²) in [4.78, 5) is 4.52. The number of nitrogens with one attached hydrogen (secondary N) is 1. The van der Waals surface area contributed by atoms with Crippen LogP contribution in [0.3, 0.4) is 0 Å². The van der Waals surface area contributed by atoms with Crippen LogP contribution in [0.5, 0.6) is 5.75 Å². The van der Waals surface area contributed by atoms with Crippen LogP contribution in [0.4, 0.5) is 10.8 Å². The van der Waals surface area contributed by atoms with Gasteiger partial charge >= 0.3 is 0 Å². The number of fused-ring (bicyclic) bond motifs is 1. The van der Waals surface area contributed by atoms with E-state index in [1.807, 2.05) is 36.4 Å². The van der Waals surface area contributed by atoms with Crippen molar-refractivity contribution in [1.82, 2.24) is 4.98 Å². The standard InChI is InChI=1S/C14H10BrClN2OS/c1-19-12-5-3-9(7-10(12)15)17-14-18-11-4-2-8(16)6-13(11)20-14/h2-7H,1H3,(H,17,18). The maximum absolute atomic E-state index is 5.98. The molecule has 3 aromatic rings. The number of thiazole rings is 1. The predicted molar refractivity (Wildman–Crippen MR) is 88.6 cm³/mol. The molecule has 1 heterocycles. The second kappa shape index (κ2) is 5.60. The van der Waals surface area contributed by atoms with Gasteiger partial charge in [0.1, 0.15) is 5.75 Å². The van der Waals surface area contributed by atoms with E-state index in [9.17, 15) is 0 Å². The first-order chi connectivity index (χ1) is 9.65. The average molecular weight is 370 g/mol. The molecular formula is C14H10BrClN2OS. The SMILES string of the molecule is COc1ccc(Nc2nc3ccc(Cl)cc3s2)cc1Br. The fourth-order valence-corrected chi connectivity index (χ4v) is 3.52. The van der Waals surface area contributed by atoms with Gasteiger partial charge in [0.15, 0.2) is 5.13 Å². The number of nitrogens with zero attached hydrogens (tertiary/aromatic N) is 1. The van der Waals surface area contributed by atoms with Crippen molar-refractivity contribution >= 4 is 59.9 Å². The van der Waals surface area contributed by atoms with E-state index in [-0.39, 0.29) is 0 Å². The van der Waals surface area contributed by atoms with Crippen molar-refractivity contribution in [3.8, 4) is 5.75 Å². The summed E-state index contributed by atoms with van der Waals surface area (Å²) in [6, 6.07) is 11.5. The van der Waals surface area contributed by atoms with Gasteiger partial charge in [-0.05, 0) is 52.3 Å². The molecule has 102 valence electrons. The first-order valence-electron chi connectivity index (χ1n) is 5.82. The largest absolute Gasteiger partial charge is 0.496 e. The van der Waals surface area contributed by atoms with E-state index in [2.05, 4.69) is 26.2 Å². The van der Waals surface area contributed by atoms with E-state index < -0.39 is 0 Å². The zero-order valence-electron chi connectivity index (χ0n) is 10.5. The van der Waals surface area contributed by atoms with Crippen molar-refractivity contribution in [2.75, 3.05) is 12.4 Å². The normalized spacial score (nSPS) is 10.8. The molecule has 6 heteroatoms. The van der Waals surface area contributed by atoms with Gasteiger partial charge in [0.25, 0.3) is 0 Å². The summed E-state index contributed by atoms with van der Waals surface area (Å²) in [6.45, 7) is 0. The molecule has 2 aromatic carbocycles. The lowest BCUT2D eigenvalue weighted by atomic mass is 10.3. The first kappa shape index (κ1) is 13.7. The Bertz CT molecular complexity index is 775. The Morgan fingerprint density at radius 3 is 2.85 bits per heavy atom. The Hall–Kier alpha value is -1.30. The van der Waals surface area contributed by atoms with Crippen LogP contribution < -0.4 is 10.1 Å². The number of hydrogen-bond donors (Lipinski definition) is 1. The zero-order valence-corrected chi connectivity index (χ0v) is 13.6. The van der Waals surface area contributed by atoms with Crippen LogP contribution in [0.15, 0.2) is 40.9 Å². The third-order valence-corrected chi connectivity index (χ3v) is 4.54. The molecule has 0 aliphatic carbocycles. The second-order valence-corrected chi connectivity index (χ2v) is 6.43. The summed E-state index contributed by atoms with van der Waals surface area (Å²) in [7, 11) is 1.64. The van der Waals surface area contributed by atoms with Gasteiger partial charge in [0, 0.05) is 10.7 Å². The minimum Gasteiger partial charge on any atom is -0.496 e. The number of anilines is 2. The van der Waals surface area contributed by atoms with Crippen LogP contribution in [0.1, 0.15) is 0 Å². The van der Waals surface area contributed by atoms with E-state index in [0.717, 1.165) is 36.3 Å². The number of rotatable bonds is 3. The molecule has 0 saturated carbocycles. The number of ether oxygens (including phenoxy) is 1. The molecule has 0 bridgehead atoms. The van der Waals surface area contributed by atoms with Gasteiger partial charge in [-0.1, -0.05) is 22.9 Å². The summed E-state index contributed by atoms with van der Waals surface area (Å²) < 4.78 is 7.17. The molecule has 0 atom stereocenters. The van der Waals surface area contributed by atoms with Gasteiger partial charge < -0.3 is 10.1 Å². The lowest BCUT2D eigenvalue weighted by Gasteiger charge is -2.06. The third-order valence-electron chi connectivity index (χ3n) is 2.75. The first-order valence-corrected chi connectivity index (χ1v) is 7.81. The van der Waals surface area contributed by atoms with Gasteiger partial charge in [0.2, 0.25) is 0 Å². The van der Waals surface area contributed by atoms with Crippen LogP contribution in [0.25, 0.3) is 10.2 Å². The smallest absolute Gasteiger partial charge is 0.188 e. The Labute approximate surface area is 133 Å². The topological polar surface area (TPSA) is 34.1 Å². The van der Waals surface area contributed by atoms with Crippen molar-refractivity contribution in [2.45, 2.75) is 0 Å². The fourth-order valence-electron chi connectivity index (χ4n) is 1.82. The Morgan fingerprint density at radius 1 is 1.25 bits per heavy atom. The molecule has 0 saturated heterocycles. The minimum atomic E-state index is 0.722. The maximum atomic E-state index is 5.98. The molecule has 3 nitrogen and oxygen atoms in total. The monoisotopic (exact) mass is 368 g/mol. The highest BCUT2D eigenvalue weighted by atomic mass is 79.9. The highest BCUT2D eigenvalue weighted by Gasteiger charge is 2.06. The molecule has 1 aromatic heterocycles. The summed E-state index contributed by atoms with van der Waals surface area (Å²) in [5.74, 6) is 0.798. The van der Waals surface area contributed by atoms with Gasteiger partial charge in [0.05, 0.1) is 21.8 Å². The zero-order chi connectivity index (χ0) is 14.1. The molecule has 0 aliphatic rings. The van der Waals surface area contributed by atoms with Crippen LogP contribution in [-0.2, 0) is 0 Å². The van der Waals surface area contributed by atoms with Crippen molar-refractivity contribution in [2.24, 2.45) is 0 Å². The van der Waals surface area contributed by atoms with Gasteiger partial charge in [-0.3, -0.25) is 0 Å². The van der Waals surface area contributed by atoms with Crippen LogP contribution >= 0.6 is 38.9 Å². The molecule has 0 radical (unpaired) electrons. The summed E-state index contributed by atoms with van der Waals surface area (Å²) >= 11 is 11.0. The van der Waals surface area contributed by atoms with E-state index in [1.54, 1.807) is 18.4 Å². The van der Waals surface area contributed by atoms with Crippen LogP contribution in [-0.4, -0.2) is 12.1 Å². The predicted octanol–water partition coefficient (Wildman–Crippen LogP) is 5.46. The van der Waals surface area contributed by atoms with E-state index >= 15 is 0 Å². The molecule has 3 rings (SSSR count). The van der Waals surface area contributed by atoms with Crippen LogP contribution in [0, 0.1) is 0 Å². The lowest BCUT2D eigenvalue weighted by Crippen LogP contribution is -1.90. The highest BCUT2D eigenvalue weighted by Crippen LogP contribution is 2.33. The van der Waals surface area contributed by atoms with Gasteiger partial charge in [-0.25, -0.2) is 4.98 Å². The molecule has 0 unspecified atom stereocenters. The Morgan fingerprint density at radius 2 is 2.10 bits per heavy atom. The second-order valence-electron chi connectivity index (χ2n) is 4.11. The van der Waals surface area contributed by atoms with E-state index in [4.69, 9.17) is 16.3 Å². The molecule has 0 fully saturated rings. The van der Waals surface area contributed by atoms with Gasteiger partial charge in [-0.15, -0.1) is 0 Å². The van der Waals surface area contributed by atoms with Gasteiger partial charge in [-0.2, -0.15) is 0 Å². The fraction of sp³-hybridized carbons (Fsp3) is 0.0714. The van der Waals surface area contributed by atoms with Crippen molar-refractivity contribution in [1.29, 1.82) is 0 Å². The van der Waals surface area contributed by atoms with E-state index in [1.165, 1.54) is 0 Å².